The fourth-order valence-electron chi connectivity index (χ4n) is 2.01. The molecule has 0 amide bonds. The van der Waals surface area contributed by atoms with Crippen LogP contribution in [0.3, 0.4) is 0 Å². The lowest BCUT2D eigenvalue weighted by Gasteiger charge is -2.04. The van der Waals surface area contributed by atoms with E-state index < -0.39 is 0 Å². The third-order valence-electron chi connectivity index (χ3n) is 2.97. The van der Waals surface area contributed by atoms with Crippen LogP contribution in [0.5, 0.6) is 0 Å². The zero-order valence-corrected chi connectivity index (χ0v) is 10.7. The molecule has 2 N–H and O–H groups in total. The molecule has 0 bridgehead atoms. The summed E-state index contributed by atoms with van der Waals surface area (Å²) in [6, 6.07) is 8.61. The highest BCUT2D eigenvalue weighted by atomic mass is 15.1. The summed E-state index contributed by atoms with van der Waals surface area (Å²) in [6.45, 7) is 5.13. The molecule has 0 unspecified atom stereocenters. The molecule has 0 aliphatic heterocycles. The number of H-pyrrole nitrogens is 1. The minimum absolute atomic E-state index is 0.948. The molecule has 0 aliphatic carbocycles. The van der Waals surface area contributed by atoms with Crippen LogP contribution in [-0.4, -0.2) is 23.8 Å². The van der Waals surface area contributed by atoms with Gasteiger partial charge in [0.2, 0.25) is 0 Å². The van der Waals surface area contributed by atoms with Crippen molar-refractivity contribution in [3.05, 3.63) is 41.2 Å². The summed E-state index contributed by atoms with van der Waals surface area (Å²) >= 11 is 0. The lowest BCUT2D eigenvalue weighted by atomic mass is 10.0. The number of aryl methyl sites for hydroxylation is 2. The van der Waals surface area contributed by atoms with Gasteiger partial charge in [0.1, 0.15) is 0 Å². The molecule has 2 rings (SSSR count). The van der Waals surface area contributed by atoms with E-state index in [4.69, 9.17) is 0 Å². The maximum absolute atomic E-state index is 4.39. The molecule has 1 aromatic heterocycles. The summed E-state index contributed by atoms with van der Waals surface area (Å²) in [6.07, 6.45) is 0.948. The summed E-state index contributed by atoms with van der Waals surface area (Å²) in [5.41, 5.74) is 6.06. The van der Waals surface area contributed by atoms with Gasteiger partial charge in [0.15, 0.2) is 0 Å². The summed E-state index contributed by atoms with van der Waals surface area (Å²) in [4.78, 5) is 0. The molecule has 2 aromatic rings. The zero-order valence-electron chi connectivity index (χ0n) is 10.7. The first-order valence-electron chi connectivity index (χ1n) is 5.98. The van der Waals surface area contributed by atoms with Crippen LogP contribution in [0.15, 0.2) is 24.3 Å². The molecule has 0 atom stereocenters. The topological polar surface area (TPSA) is 40.7 Å². The molecule has 0 saturated carbocycles. The standard InChI is InChI=1S/C14H19N3/c1-10-4-6-12(7-5-10)14-11(2)16-17-13(14)8-9-15-3/h4-7,15H,8-9H2,1-3H3,(H,16,17). The molecule has 0 spiro atoms. The maximum atomic E-state index is 4.39. The second kappa shape index (κ2) is 5.15. The van der Waals surface area contributed by atoms with Crippen molar-refractivity contribution in [2.75, 3.05) is 13.6 Å². The average Bonchev–Trinajstić information content (AvgIpc) is 2.69. The SMILES string of the molecule is CNCCc1n[nH]c(C)c1-c1ccc(C)cc1. The Kier molecular flexibility index (Phi) is 3.59. The number of aromatic amines is 1. The quantitative estimate of drug-likeness (QED) is 0.845. The Hall–Kier alpha value is -1.61. The average molecular weight is 229 g/mol. The number of benzene rings is 1. The van der Waals surface area contributed by atoms with Crippen molar-refractivity contribution >= 4 is 0 Å². The van der Waals surface area contributed by atoms with Crippen molar-refractivity contribution in [3.63, 3.8) is 0 Å². The van der Waals surface area contributed by atoms with Gasteiger partial charge in [-0.2, -0.15) is 5.10 Å². The first-order chi connectivity index (χ1) is 8.22. The molecule has 0 saturated heterocycles. The van der Waals surface area contributed by atoms with Gasteiger partial charge in [-0.3, -0.25) is 5.10 Å². The number of rotatable bonds is 4. The molecule has 0 radical (unpaired) electrons. The molecule has 1 heterocycles. The Morgan fingerprint density at radius 2 is 1.88 bits per heavy atom. The Labute approximate surface area is 102 Å². The highest BCUT2D eigenvalue weighted by Gasteiger charge is 2.11. The van der Waals surface area contributed by atoms with Crippen molar-refractivity contribution < 1.29 is 0 Å². The molecule has 3 heteroatoms. The van der Waals surface area contributed by atoms with Gasteiger partial charge in [0.25, 0.3) is 0 Å². The Balaban J connectivity index is 2.36. The van der Waals surface area contributed by atoms with E-state index in [0.717, 1.165) is 24.4 Å². The molecule has 1 aromatic carbocycles. The number of nitrogens with zero attached hydrogens (tertiary/aromatic N) is 1. The predicted molar refractivity (Wildman–Crippen MR) is 71.1 cm³/mol. The highest BCUT2D eigenvalue weighted by molar-refractivity contribution is 5.68. The number of nitrogens with one attached hydrogen (secondary N) is 2. The van der Waals surface area contributed by atoms with E-state index in [1.807, 2.05) is 7.05 Å². The fraction of sp³-hybridized carbons (Fsp3) is 0.357. The van der Waals surface area contributed by atoms with Crippen LogP contribution in [0.4, 0.5) is 0 Å². The molecule has 17 heavy (non-hydrogen) atoms. The van der Waals surface area contributed by atoms with E-state index in [2.05, 4.69) is 53.6 Å². The van der Waals surface area contributed by atoms with Crippen molar-refractivity contribution in [1.29, 1.82) is 0 Å². The maximum Gasteiger partial charge on any atom is 0.0715 e. The van der Waals surface area contributed by atoms with Crippen LogP contribution in [-0.2, 0) is 6.42 Å². The molecule has 0 fully saturated rings. The minimum Gasteiger partial charge on any atom is -0.319 e. The number of hydrogen-bond donors (Lipinski definition) is 2. The monoisotopic (exact) mass is 229 g/mol. The van der Waals surface area contributed by atoms with E-state index in [0.29, 0.717) is 0 Å². The number of hydrogen-bond acceptors (Lipinski definition) is 2. The molecular formula is C14H19N3. The Morgan fingerprint density at radius 1 is 1.18 bits per heavy atom. The normalized spacial score (nSPS) is 10.8. The van der Waals surface area contributed by atoms with Crippen LogP contribution in [0.25, 0.3) is 11.1 Å². The lowest BCUT2D eigenvalue weighted by molar-refractivity contribution is 0.773. The van der Waals surface area contributed by atoms with Gasteiger partial charge < -0.3 is 5.32 Å². The van der Waals surface area contributed by atoms with Gasteiger partial charge in [-0.15, -0.1) is 0 Å². The predicted octanol–water partition coefficient (Wildman–Crippen LogP) is 2.46. The van der Waals surface area contributed by atoms with Gasteiger partial charge in [0, 0.05) is 24.2 Å². The van der Waals surface area contributed by atoms with Gasteiger partial charge in [-0.25, -0.2) is 0 Å². The fourth-order valence-corrected chi connectivity index (χ4v) is 2.01. The van der Waals surface area contributed by atoms with Gasteiger partial charge in [0.05, 0.1) is 5.69 Å². The zero-order chi connectivity index (χ0) is 12.3. The second-order valence-corrected chi connectivity index (χ2v) is 4.39. The minimum atomic E-state index is 0.948. The van der Waals surface area contributed by atoms with Crippen molar-refractivity contribution in [1.82, 2.24) is 15.5 Å². The van der Waals surface area contributed by atoms with Crippen molar-refractivity contribution in [2.45, 2.75) is 20.3 Å². The van der Waals surface area contributed by atoms with Crippen molar-refractivity contribution in [3.8, 4) is 11.1 Å². The molecular weight excluding hydrogens is 210 g/mol. The number of likely N-dealkylation sites (N-methyl/N-ethyl adjacent to an activating group) is 1. The van der Waals surface area contributed by atoms with Gasteiger partial charge in [-0.1, -0.05) is 29.8 Å². The van der Waals surface area contributed by atoms with Crippen LogP contribution in [0.1, 0.15) is 17.0 Å². The molecule has 90 valence electrons. The van der Waals surface area contributed by atoms with E-state index in [1.54, 1.807) is 0 Å². The van der Waals surface area contributed by atoms with E-state index >= 15 is 0 Å². The van der Waals surface area contributed by atoms with Crippen LogP contribution >= 0.6 is 0 Å². The van der Waals surface area contributed by atoms with Crippen LogP contribution in [0, 0.1) is 13.8 Å². The third kappa shape index (κ3) is 2.56. The Bertz CT molecular complexity index is 483. The van der Waals surface area contributed by atoms with Crippen molar-refractivity contribution in [2.24, 2.45) is 0 Å². The Morgan fingerprint density at radius 3 is 2.53 bits per heavy atom. The lowest BCUT2D eigenvalue weighted by Crippen LogP contribution is -2.11. The first kappa shape index (κ1) is 11.9. The first-order valence-corrected chi connectivity index (χ1v) is 5.98. The summed E-state index contributed by atoms with van der Waals surface area (Å²) in [7, 11) is 1.96. The molecule has 0 aliphatic rings. The summed E-state index contributed by atoms with van der Waals surface area (Å²) in [5, 5.41) is 10.6. The largest absolute Gasteiger partial charge is 0.319 e. The van der Waals surface area contributed by atoms with E-state index in [1.165, 1.54) is 16.7 Å². The van der Waals surface area contributed by atoms with Crippen LogP contribution < -0.4 is 5.32 Å². The van der Waals surface area contributed by atoms with Gasteiger partial charge >= 0.3 is 0 Å². The number of aromatic nitrogens is 2. The molecule has 3 nitrogen and oxygen atoms in total. The smallest absolute Gasteiger partial charge is 0.0715 e. The summed E-state index contributed by atoms with van der Waals surface area (Å²) in [5.74, 6) is 0. The van der Waals surface area contributed by atoms with Gasteiger partial charge in [-0.05, 0) is 26.5 Å². The third-order valence-corrected chi connectivity index (χ3v) is 2.97. The summed E-state index contributed by atoms with van der Waals surface area (Å²) < 4.78 is 0. The second-order valence-electron chi connectivity index (χ2n) is 4.39. The van der Waals surface area contributed by atoms with Crippen LogP contribution in [0.2, 0.25) is 0 Å². The van der Waals surface area contributed by atoms with E-state index in [-0.39, 0.29) is 0 Å². The highest BCUT2D eigenvalue weighted by Crippen LogP contribution is 2.26. The van der Waals surface area contributed by atoms with E-state index in [9.17, 15) is 0 Å².